The summed E-state index contributed by atoms with van der Waals surface area (Å²) in [5.41, 5.74) is -0.277. The number of aliphatic carboxylic acids is 1. The summed E-state index contributed by atoms with van der Waals surface area (Å²) in [6, 6.07) is 0. The summed E-state index contributed by atoms with van der Waals surface area (Å²) >= 11 is 0. The van der Waals surface area contributed by atoms with Crippen molar-refractivity contribution in [3.8, 4) is 0 Å². The monoisotopic (exact) mass is 380 g/mol. The topological polar surface area (TPSA) is 54.4 Å². The maximum absolute atomic E-state index is 11.4. The van der Waals surface area contributed by atoms with E-state index in [4.69, 9.17) is 5.11 Å². The molecule has 0 aromatic heterocycles. The second-order valence-electron chi connectivity index (χ2n) is 6.91. The van der Waals surface area contributed by atoms with Gasteiger partial charge in [-0.2, -0.15) is 0 Å². The van der Waals surface area contributed by atoms with Gasteiger partial charge in [0.2, 0.25) is 0 Å². The molecule has 0 rings (SSSR count). The molecule has 0 amide bonds. The van der Waals surface area contributed by atoms with Crippen LogP contribution in [-0.4, -0.2) is 54.6 Å². The summed E-state index contributed by atoms with van der Waals surface area (Å²) in [7, 11) is 0. The summed E-state index contributed by atoms with van der Waals surface area (Å²) in [4.78, 5) is 22.0. The van der Waals surface area contributed by atoms with Gasteiger partial charge in [0, 0.05) is 6.42 Å². The van der Waals surface area contributed by atoms with Gasteiger partial charge in [0.05, 0.1) is 5.57 Å². The number of carboxylic acids is 1. The zero-order valence-electron chi connectivity index (χ0n) is 15.8. The number of ketones is 1. The van der Waals surface area contributed by atoms with Gasteiger partial charge in [-0.15, -0.1) is 0 Å². The molecule has 0 aliphatic carbocycles. The molecule has 0 aliphatic rings. The van der Waals surface area contributed by atoms with E-state index in [1.54, 1.807) is 0 Å². The van der Waals surface area contributed by atoms with E-state index in [-0.39, 0.29) is 49.1 Å². The molecule has 0 aromatic carbocycles. The zero-order valence-corrected chi connectivity index (χ0v) is 15.8. The average Bonchev–Trinajstić information content (AvgIpc) is 2.57. The molecule has 0 unspecified atom stereocenters. The maximum atomic E-state index is 11.4. The standard InChI is InChI=1S/C21H38O3.Ca.2H/c1-3-4-5-6-7-8-9-10-11-12-13-14-15-16-17-18-20(22)19(2)21(23)24;;;/h2-18H2,1H3,(H,23,24);;;. The molecular formula is C21H40CaO3. The van der Waals surface area contributed by atoms with Gasteiger partial charge in [-0.25, -0.2) is 4.79 Å². The number of carboxylic acid groups (broad SMARTS) is 1. The van der Waals surface area contributed by atoms with Crippen LogP contribution in [0.2, 0.25) is 0 Å². The van der Waals surface area contributed by atoms with Crippen LogP contribution < -0.4 is 0 Å². The fraction of sp³-hybridized carbons (Fsp3) is 0.810. The Labute approximate surface area is 185 Å². The minimum atomic E-state index is -1.19. The van der Waals surface area contributed by atoms with E-state index in [2.05, 4.69) is 13.5 Å². The Morgan fingerprint density at radius 3 is 1.32 bits per heavy atom. The Morgan fingerprint density at radius 2 is 1.00 bits per heavy atom. The van der Waals surface area contributed by atoms with Crippen molar-refractivity contribution in [2.75, 3.05) is 0 Å². The minimum absolute atomic E-state index is 0. The van der Waals surface area contributed by atoms with E-state index < -0.39 is 5.97 Å². The number of unbranched alkanes of at least 4 members (excludes halogenated alkanes) is 14. The normalized spacial score (nSPS) is 10.3. The van der Waals surface area contributed by atoms with Crippen molar-refractivity contribution < 1.29 is 14.7 Å². The van der Waals surface area contributed by atoms with Gasteiger partial charge in [-0.1, -0.05) is 103 Å². The van der Waals surface area contributed by atoms with Crippen LogP contribution >= 0.6 is 0 Å². The van der Waals surface area contributed by atoms with Crippen LogP contribution in [0, 0.1) is 0 Å². The van der Waals surface area contributed by atoms with Crippen LogP contribution in [0.1, 0.15) is 110 Å². The number of carbonyl (C=O) groups is 2. The second-order valence-corrected chi connectivity index (χ2v) is 6.91. The summed E-state index contributed by atoms with van der Waals surface area (Å²) in [5, 5.41) is 8.66. The van der Waals surface area contributed by atoms with Gasteiger partial charge in [-0.3, -0.25) is 4.79 Å². The van der Waals surface area contributed by atoms with Crippen molar-refractivity contribution >= 4 is 49.5 Å². The van der Waals surface area contributed by atoms with Gasteiger partial charge >= 0.3 is 43.7 Å². The first-order valence-corrected chi connectivity index (χ1v) is 10.0. The molecule has 4 heteroatoms. The molecule has 0 fully saturated rings. The van der Waals surface area contributed by atoms with Crippen LogP contribution in [-0.2, 0) is 9.59 Å². The second kappa shape index (κ2) is 20.5. The molecule has 144 valence electrons. The molecule has 0 atom stereocenters. The first-order chi connectivity index (χ1) is 11.6. The molecule has 3 nitrogen and oxygen atoms in total. The Morgan fingerprint density at radius 1 is 0.680 bits per heavy atom. The van der Waals surface area contributed by atoms with Crippen molar-refractivity contribution in [2.24, 2.45) is 0 Å². The Bertz CT molecular complexity index is 353. The van der Waals surface area contributed by atoms with Crippen LogP contribution in [0.25, 0.3) is 0 Å². The summed E-state index contributed by atoms with van der Waals surface area (Å²) in [6.45, 7) is 5.55. The molecular weight excluding hydrogens is 340 g/mol. The Hall–Kier alpha value is 0.140. The van der Waals surface area contributed by atoms with Gasteiger partial charge in [0.15, 0.2) is 5.78 Å². The first-order valence-electron chi connectivity index (χ1n) is 10.0. The number of rotatable bonds is 18. The average molecular weight is 381 g/mol. The summed E-state index contributed by atoms with van der Waals surface area (Å²) in [5.74, 6) is -1.52. The molecule has 0 aliphatic heterocycles. The van der Waals surface area contributed by atoms with Crippen molar-refractivity contribution in [1.82, 2.24) is 0 Å². The zero-order chi connectivity index (χ0) is 18.0. The summed E-state index contributed by atoms with van der Waals surface area (Å²) < 4.78 is 0. The van der Waals surface area contributed by atoms with Gasteiger partial charge in [0.25, 0.3) is 0 Å². The number of Topliss-reactive ketones (excluding diaryl/α,β-unsaturated/α-hetero) is 1. The van der Waals surface area contributed by atoms with E-state index in [1.165, 1.54) is 77.0 Å². The van der Waals surface area contributed by atoms with Crippen LogP contribution in [0.3, 0.4) is 0 Å². The SMILES string of the molecule is C=C(C(=O)O)C(=O)CCCCCCCCCCCCCCCCC.[CaH2]. The molecule has 1 N–H and O–H groups in total. The van der Waals surface area contributed by atoms with Crippen molar-refractivity contribution in [3.63, 3.8) is 0 Å². The molecule has 0 heterocycles. The van der Waals surface area contributed by atoms with E-state index in [9.17, 15) is 9.59 Å². The molecule has 0 bridgehead atoms. The third-order valence-corrected chi connectivity index (χ3v) is 4.60. The van der Waals surface area contributed by atoms with E-state index >= 15 is 0 Å². The number of hydrogen-bond acceptors (Lipinski definition) is 2. The van der Waals surface area contributed by atoms with Gasteiger partial charge < -0.3 is 5.11 Å². The third-order valence-electron chi connectivity index (χ3n) is 4.60. The quantitative estimate of drug-likeness (QED) is 0.112. The molecule has 0 aromatic rings. The predicted molar refractivity (Wildman–Crippen MR) is 110 cm³/mol. The van der Waals surface area contributed by atoms with E-state index in [0.717, 1.165) is 19.3 Å². The van der Waals surface area contributed by atoms with Gasteiger partial charge in [-0.05, 0) is 6.42 Å². The first kappa shape index (κ1) is 27.4. The Kier molecular flexibility index (Phi) is 22.4. The number of hydrogen-bond donors (Lipinski definition) is 1. The predicted octanol–water partition coefficient (Wildman–Crippen LogP) is 5.54. The molecule has 0 saturated heterocycles. The molecule has 25 heavy (non-hydrogen) atoms. The fourth-order valence-electron chi connectivity index (χ4n) is 2.93. The van der Waals surface area contributed by atoms with Crippen LogP contribution in [0.15, 0.2) is 12.2 Å². The van der Waals surface area contributed by atoms with Crippen LogP contribution in [0.5, 0.6) is 0 Å². The third kappa shape index (κ3) is 18.7. The Balaban J connectivity index is 0. The van der Waals surface area contributed by atoms with Crippen LogP contribution in [0.4, 0.5) is 0 Å². The van der Waals surface area contributed by atoms with E-state index in [1.807, 2.05) is 0 Å². The molecule has 0 saturated carbocycles. The van der Waals surface area contributed by atoms with Crippen molar-refractivity contribution in [3.05, 3.63) is 12.2 Å². The summed E-state index contributed by atoms with van der Waals surface area (Å²) in [6.07, 6.45) is 19.6. The van der Waals surface area contributed by atoms with Crippen molar-refractivity contribution in [1.29, 1.82) is 0 Å². The van der Waals surface area contributed by atoms with Crippen molar-refractivity contribution in [2.45, 2.75) is 110 Å². The van der Waals surface area contributed by atoms with Gasteiger partial charge in [0.1, 0.15) is 0 Å². The van der Waals surface area contributed by atoms with E-state index in [0.29, 0.717) is 6.42 Å². The fourth-order valence-corrected chi connectivity index (χ4v) is 2.93. The molecule has 0 radical (unpaired) electrons. The number of carbonyl (C=O) groups excluding carboxylic acids is 1. The molecule has 0 spiro atoms.